The van der Waals surface area contributed by atoms with Gasteiger partial charge in [-0.2, -0.15) is 5.10 Å². The predicted octanol–water partition coefficient (Wildman–Crippen LogP) is 0.481. The molecule has 2 fully saturated rings. The molecule has 1 saturated carbocycles. The second kappa shape index (κ2) is 4.28. The highest BCUT2D eigenvalue weighted by Crippen LogP contribution is 2.25. The number of rotatable bonds is 2. The molecule has 80 valence electrons. The topological polar surface area (TPSA) is 39.1 Å². The SMILES string of the molecule is C=NN1CCN(C2CCCC2)CC1O. The molecular formula is C10H19N3O. The van der Waals surface area contributed by atoms with Crippen molar-refractivity contribution in [3.05, 3.63) is 0 Å². The van der Waals surface area contributed by atoms with Crippen molar-refractivity contribution in [1.29, 1.82) is 0 Å². The van der Waals surface area contributed by atoms with Crippen molar-refractivity contribution in [2.24, 2.45) is 5.10 Å². The Balaban J connectivity index is 1.88. The summed E-state index contributed by atoms with van der Waals surface area (Å²) < 4.78 is 0. The molecule has 1 unspecified atom stereocenters. The van der Waals surface area contributed by atoms with Gasteiger partial charge in [0.1, 0.15) is 0 Å². The zero-order chi connectivity index (χ0) is 9.97. The molecule has 0 amide bonds. The van der Waals surface area contributed by atoms with Crippen LogP contribution in [0.3, 0.4) is 0 Å². The summed E-state index contributed by atoms with van der Waals surface area (Å²) in [6, 6.07) is 0.705. The molecule has 1 N–H and O–H groups in total. The van der Waals surface area contributed by atoms with E-state index in [2.05, 4.69) is 16.7 Å². The minimum absolute atomic E-state index is 0.457. The normalized spacial score (nSPS) is 30.9. The summed E-state index contributed by atoms with van der Waals surface area (Å²) in [5.74, 6) is 0. The fourth-order valence-corrected chi connectivity index (χ4v) is 2.54. The Hall–Kier alpha value is -0.610. The van der Waals surface area contributed by atoms with Crippen LogP contribution in [-0.2, 0) is 0 Å². The first-order chi connectivity index (χ1) is 6.81. The molecule has 14 heavy (non-hydrogen) atoms. The summed E-state index contributed by atoms with van der Waals surface area (Å²) >= 11 is 0. The van der Waals surface area contributed by atoms with Gasteiger partial charge in [0.15, 0.2) is 6.23 Å². The lowest BCUT2D eigenvalue weighted by Crippen LogP contribution is -2.53. The van der Waals surface area contributed by atoms with Crippen LogP contribution in [0.2, 0.25) is 0 Å². The highest BCUT2D eigenvalue weighted by molar-refractivity contribution is 5.22. The Bertz CT molecular complexity index is 204. The highest BCUT2D eigenvalue weighted by atomic mass is 16.3. The van der Waals surface area contributed by atoms with Crippen molar-refractivity contribution in [3.8, 4) is 0 Å². The first-order valence-corrected chi connectivity index (χ1v) is 5.46. The largest absolute Gasteiger partial charge is 0.371 e. The highest BCUT2D eigenvalue weighted by Gasteiger charge is 2.29. The molecule has 4 nitrogen and oxygen atoms in total. The van der Waals surface area contributed by atoms with Crippen molar-refractivity contribution in [1.82, 2.24) is 9.91 Å². The predicted molar refractivity (Wildman–Crippen MR) is 56.1 cm³/mol. The lowest BCUT2D eigenvalue weighted by molar-refractivity contribution is -0.0647. The average molecular weight is 197 g/mol. The van der Waals surface area contributed by atoms with Crippen molar-refractivity contribution in [2.45, 2.75) is 38.0 Å². The number of β-amino-alcohol motifs (C(OH)–C–C–N with tert-alkyl or cyclic N) is 1. The molecule has 0 radical (unpaired) electrons. The zero-order valence-corrected chi connectivity index (χ0v) is 8.60. The minimum Gasteiger partial charge on any atom is -0.371 e. The summed E-state index contributed by atoms with van der Waals surface area (Å²) in [7, 11) is 0. The van der Waals surface area contributed by atoms with Crippen molar-refractivity contribution < 1.29 is 5.11 Å². The van der Waals surface area contributed by atoms with Gasteiger partial charge in [-0.1, -0.05) is 12.8 Å². The van der Waals surface area contributed by atoms with E-state index < -0.39 is 6.23 Å². The fraction of sp³-hybridized carbons (Fsp3) is 0.900. The molecule has 2 aliphatic rings. The van der Waals surface area contributed by atoms with Gasteiger partial charge in [-0.05, 0) is 12.8 Å². The monoisotopic (exact) mass is 197 g/mol. The fourth-order valence-electron chi connectivity index (χ4n) is 2.54. The van der Waals surface area contributed by atoms with E-state index in [-0.39, 0.29) is 0 Å². The van der Waals surface area contributed by atoms with E-state index in [1.807, 2.05) is 0 Å². The Labute approximate surface area is 85.2 Å². The summed E-state index contributed by atoms with van der Waals surface area (Å²) in [6.45, 7) is 6.00. The smallest absolute Gasteiger partial charge is 0.155 e. The van der Waals surface area contributed by atoms with E-state index in [4.69, 9.17) is 0 Å². The van der Waals surface area contributed by atoms with Crippen molar-refractivity contribution in [2.75, 3.05) is 19.6 Å². The van der Waals surface area contributed by atoms with Crippen LogP contribution >= 0.6 is 0 Å². The Kier molecular flexibility index (Phi) is 3.03. The zero-order valence-electron chi connectivity index (χ0n) is 8.60. The summed E-state index contributed by atoms with van der Waals surface area (Å²) in [5.41, 5.74) is 0. The molecule has 0 spiro atoms. The van der Waals surface area contributed by atoms with Gasteiger partial charge in [0.05, 0.1) is 6.54 Å². The van der Waals surface area contributed by atoms with Gasteiger partial charge in [-0.15, -0.1) is 0 Å². The molecule has 0 aromatic heterocycles. The van der Waals surface area contributed by atoms with Crippen LogP contribution in [-0.4, -0.2) is 53.6 Å². The van der Waals surface area contributed by atoms with E-state index in [0.717, 1.165) is 19.6 Å². The number of hydrazone groups is 1. The van der Waals surface area contributed by atoms with Gasteiger partial charge in [0.2, 0.25) is 0 Å². The van der Waals surface area contributed by atoms with Crippen LogP contribution in [0.25, 0.3) is 0 Å². The maximum absolute atomic E-state index is 9.75. The Morgan fingerprint density at radius 3 is 2.50 bits per heavy atom. The number of aliphatic hydroxyl groups excluding tert-OH is 1. The Morgan fingerprint density at radius 2 is 1.93 bits per heavy atom. The number of hydrogen-bond donors (Lipinski definition) is 1. The second-order valence-corrected chi connectivity index (χ2v) is 4.22. The van der Waals surface area contributed by atoms with Crippen LogP contribution < -0.4 is 0 Å². The van der Waals surface area contributed by atoms with E-state index in [0.29, 0.717) is 6.04 Å². The van der Waals surface area contributed by atoms with Crippen LogP contribution in [0, 0.1) is 0 Å². The molecule has 1 aliphatic heterocycles. The third-order valence-electron chi connectivity index (χ3n) is 3.38. The minimum atomic E-state index is -0.457. The molecule has 1 aliphatic carbocycles. The second-order valence-electron chi connectivity index (χ2n) is 4.22. The quantitative estimate of drug-likeness (QED) is 0.654. The summed E-state index contributed by atoms with van der Waals surface area (Å²) in [6.07, 6.45) is 4.84. The van der Waals surface area contributed by atoms with Gasteiger partial charge >= 0.3 is 0 Å². The third kappa shape index (κ3) is 1.91. The number of hydrogen-bond acceptors (Lipinski definition) is 4. The van der Waals surface area contributed by atoms with Gasteiger partial charge in [0.25, 0.3) is 0 Å². The standard InChI is InChI=1S/C10H19N3O/c1-11-13-7-6-12(8-10(13)14)9-4-2-3-5-9/h9-10,14H,1-8H2. The van der Waals surface area contributed by atoms with E-state index in [1.165, 1.54) is 25.7 Å². The molecule has 0 bridgehead atoms. The molecule has 1 atom stereocenters. The van der Waals surface area contributed by atoms with Crippen LogP contribution in [0.15, 0.2) is 5.10 Å². The molecule has 1 saturated heterocycles. The van der Waals surface area contributed by atoms with Gasteiger partial charge in [-0.25, -0.2) is 0 Å². The van der Waals surface area contributed by atoms with Crippen LogP contribution in [0.4, 0.5) is 0 Å². The summed E-state index contributed by atoms with van der Waals surface area (Å²) in [5, 5.41) is 15.2. The van der Waals surface area contributed by atoms with Crippen molar-refractivity contribution >= 4 is 6.72 Å². The van der Waals surface area contributed by atoms with E-state index >= 15 is 0 Å². The molecule has 2 rings (SSSR count). The number of aliphatic hydroxyl groups is 1. The molecule has 0 aromatic carbocycles. The number of nitrogens with zero attached hydrogens (tertiary/aromatic N) is 3. The van der Waals surface area contributed by atoms with Gasteiger partial charge in [-0.3, -0.25) is 9.91 Å². The van der Waals surface area contributed by atoms with E-state index in [9.17, 15) is 5.11 Å². The lowest BCUT2D eigenvalue weighted by Gasteiger charge is -2.39. The summed E-state index contributed by atoms with van der Waals surface area (Å²) in [4.78, 5) is 2.40. The first kappa shape index (κ1) is 9.93. The maximum atomic E-state index is 9.75. The van der Waals surface area contributed by atoms with Gasteiger partial charge < -0.3 is 5.11 Å². The molecule has 0 aromatic rings. The molecule has 4 heteroatoms. The molecular weight excluding hydrogens is 178 g/mol. The Morgan fingerprint density at radius 1 is 1.21 bits per heavy atom. The van der Waals surface area contributed by atoms with Crippen LogP contribution in [0.5, 0.6) is 0 Å². The maximum Gasteiger partial charge on any atom is 0.155 e. The average Bonchev–Trinajstić information content (AvgIpc) is 2.70. The third-order valence-corrected chi connectivity index (χ3v) is 3.38. The van der Waals surface area contributed by atoms with E-state index in [1.54, 1.807) is 5.01 Å². The first-order valence-electron chi connectivity index (χ1n) is 5.46. The lowest BCUT2D eigenvalue weighted by atomic mass is 10.2. The number of piperazine rings is 1. The van der Waals surface area contributed by atoms with Crippen molar-refractivity contribution in [3.63, 3.8) is 0 Å². The van der Waals surface area contributed by atoms with Gasteiger partial charge in [0, 0.05) is 25.8 Å². The molecule has 1 heterocycles. The van der Waals surface area contributed by atoms with Crippen LogP contribution in [0.1, 0.15) is 25.7 Å².